The Morgan fingerprint density at radius 1 is 1.33 bits per heavy atom. The van der Waals surface area contributed by atoms with Crippen molar-refractivity contribution in [2.24, 2.45) is 0 Å². The first-order valence-electron chi connectivity index (χ1n) is 6.84. The van der Waals surface area contributed by atoms with Gasteiger partial charge in [-0.15, -0.1) is 6.58 Å². The van der Waals surface area contributed by atoms with Gasteiger partial charge in [0.1, 0.15) is 5.57 Å². The second kappa shape index (κ2) is 7.59. The predicted octanol–water partition coefficient (Wildman–Crippen LogP) is 2.28. The van der Waals surface area contributed by atoms with Crippen LogP contribution in [-0.2, 0) is 9.59 Å². The maximum atomic E-state index is 12.5. The van der Waals surface area contributed by atoms with Crippen LogP contribution in [0.2, 0.25) is 0 Å². The highest BCUT2D eigenvalue weighted by Gasteiger charge is 2.32. The zero-order valence-corrected chi connectivity index (χ0v) is 15.5. The summed E-state index contributed by atoms with van der Waals surface area (Å²) in [5.41, 5.74) is 0.578. The van der Waals surface area contributed by atoms with Crippen LogP contribution in [-0.4, -0.2) is 42.6 Å². The van der Waals surface area contributed by atoms with E-state index in [0.717, 1.165) is 0 Å². The van der Waals surface area contributed by atoms with Crippen LogP contribution in [0, 0.1) is 0 Å². The minimum Gasteiger partial charge on any atom is -0.493 e. The Bertz CT molecular complexity index is 761. The van der Waals surface area contributed by atoms with Crippen molar-refractivity contribution in [2.45, 2.75) is 0 Å². The van der Waals surface area contributed by atoms with Crippen molar-refractivity contribution < 1.29 is 19.1 Å². The summed E-state index contributed by atoms with van der Waals surface area (Å²) in [5, 5.41) is 2.56. The molecule has 2 amide bonds. The fourth-order valence-electron chi connectivity index (χ4n) is 2.18. The topological polar surface area (TPSA) is 67.9 Å². The molecule has 0 atom stereocenters. The number of benzene rings is 1. The van der Waals surface area contributed by atoms with Crippen molar-refractivity contribution in [3.8, 4) is 11.5 Å². The fourth-order valence-corrected chi connectivity index (χ4v) is 3.05. The highest BCUT2D eigenvalue weighted by molar-refractivity contribution is 9.10. The first-order valence-corrected chi connectivity index (χ1v) is 8.04. The van der Waals surface area contributed by atoms with Gasteiger partial charge in [0.2, 0.25) is 0 Å². The minimum absolute atomic E-state index is 0.0235. The second-order valence-electron chi connectivity index (χ2n) is 4.76. The Labute approximate surface area is 153 Å². The standard InChI is InChI=1S/C16H15BrN2O4S/c1-4-5-19-15(21)10(14(20)18-16(19)24)6-9-7-11(17)13(23-3)12(8-9)22-2/h4,6-8H,1,5H2,2-3H3,(H,18,20,24)/b10-6+. The molecule has 0 aromatic heterocycles. The fraction of sp³-hybridized carbons (Fsp3) is 0.188. The molecule has 1 N–H and O–H groups in total. The summed E-state index contributed by atoms with van der Waals surface area (Å²) in [7, 11) is 3.02. The average molecular weight is 411 g/mol. The number of ether oxygens (including phenoxy) is 2. The van der Waals surface area contributed by atoms with Crippen molar-refractivity contribution >= 4 is 51.2 Å². The molecule has 24 heavy (non-hydrogen) atoms. The van der Waals surface area contributed by atoms with Gasteiger partial charge in [-0.2, -0.15) is 0 Å². The van der Waals surface area contributed by atoms with Gasteiger partial charge in [0, 0.05) is 6.54 Å². The van der Waals surface area contributed by atoms with Crippen LogP contribution in [0.4, 0.5) is 0 Å². The maximum absolute atomic E-state index is 12.5. The Morgan fingerprint density at radius 3 is 2.62 bits per heavy atom. The number of methoxy groups -OCH3 is 2. The summed E-state index contributed by atoms with van der Waals surface area (Å²) in [4.78, 5) is 25.9. The molecule has 126 valence electrons. The van der Waals surface area contributed by atoms with Gasteiger partial charge in [0.15, 0.2) is 16.6 Å². The van der Waals surface area contributed by atoms with Crippen LogP contribution in [0.3, 0.4) is 0 Å². The molecule has 1 fully saturated rings. The van der Waals surface area contributed by atoms with Crippen molar-refractivity contribution in [3.63, 3.8) is 0 Å². The van der Waals surface area contributed by atoms with Crippen LogP contribution >= 0.6 is 28.1 Å². The average Bonchev–Trinajstić information content (AvgIpc) is 2.54. The number of nitrogens with one attached hydrogen (secondary N) is 1. The van der Waals surface area contributed by atoms with Crippen molar-refractivity contribution in [3.05, 3.63) is 40.4 Å². The van der Waals surface area contributed by atoms with Crippen LogP contribution < -0.4 is 14.8 Å². The van der Waals surface area contributed by atoms with Gasteiger partial charge in [0.05, 0.1) is 18.7 Å². The van der Waals surface area contributed by atoms with E-state index in [0.29, 0.717) is 21.5 Å². The molecule has 1 saturated heterocycles. The van der Waals surface area contributed by atoms with Gasteiger partial charge in [0.25, 0.3) is 11.8 Å². The number of carbonyl (C=O) groups excluding carboxylic acids is 2. The first kappa shape index (κ1) is 18.2. The van der Waals surface area contributed by atoms with E-state index in [1.54, 1.807) is 12.1 Å². The molecule has 1 aromatic carbocycles. The van der Waals surface area contributed by atoms with E-state index in [2.05, 4.69) is 27.8 Å². The van der Waals surface area contributed by atoms with Gasteiger partial charge in [-0.25, -0.2) is 0 Å². The summed E-state index contributed by atoms with van der Waals surface area (Å²) in [5.74, 6) is -0.0276. The molecule has 0 unspecified atom stereocenters. The maximum Gasteiger partial charge on any atom is 0.265 e. The molecule has 1 aromatic rings. The predicted molar refractivity (Wildman–Crippen MR) is 97.9 cm³/mol. The number of amides is 2. The van der Waals surface area contributed by atoms with Gasteiger partial charge < -0.3 is 9.47 Å². The molecular formula is C16H15BrN2O4S. The monoisotopic (exact) mass is 410 g/mol. The number of hydrogen-bond donors (Lipinski definition) is 1. The van der Waals surface area contributed by atoms with Gasteiger partial charge in [-0.1, -0.05) is 6.08 Å². The van der Waals surface area contributed by atoms with E-state index in [1.165, 1.54) is 31.3 Å². The molecule has 0 radical (unpaired) electrons. The summed E-state index contributed by atoms with van der Waals surface area (Å²) < 4.78 is 11.1. The van der Waals surface area contributed by atoms with Crippen LogP contribution in [0.25, 0.3) is 6.08 Å². The zero-order chi connectivity index (χ0) is 17.9. The lowest BCUT2D eigenvalue weighted by molar-refractivity contribution is -0.128. The third-order valence-electron chi connectivity index (χ3n) is 3.26. The minimum atomic E-state index is -0.545. The molecule has 0 aliphatic carbocycles. The van der Waals surface area contributed by atoms with Crippen molar-refractivity contribution in [1.29, 1.82) is 0 Å². The van der Waals surface area contributed by atoms with E-state index >= 15 is 0 Å². The Balaban J connectivity index is 2.47. The highest BCUT2D eigenvalue weighted by Crippen LogP contribution is 2.37. The lowest BCUT2D eigenvalue weighted by Gasteiger charge is -2.27. The van der Waals surface area contributed by atoms with Crippen molar-refractivity contribution in [1.82, 2.24) is 10.2 Å². The summed E-state index contributed by atoms with van der Waals surface area (Å²) >= 11 is 8.39. The van der Waals surface area contributed by atoms with E-state index in [4.69, 9.17) is 21.7 Å². The molecule has 0 saturated carbocycles. The van der Waals surface area contributed by atoms with Gasteiger partial charge >= 0.3 is 0 Å². The third-order valence-corrected chi connectivity index (χ3v) is 4.18. The SMILES string of the molecule is C=CCN1C(=O)/C(=C/c2cc(Br)c(OC)c(OC)c2)C(=O)NC1=S. The Hall–Kier alpha value is -2.19. The molecule has 0 spiro atoms. The summed E-state index contributed by atoms with van der Waals surface area (Å²) in [6.07, 6.45) is 3.01. The molecule has 2 rings (SSSR count). The van der Waals surface area contributed by atoms with Gasteiger partial charge in [-0.05, 0) is 51.9 Å². The summed E-state index contributed by atoms with van der Waals surface area (Å²) in [6, 6.07) is 3.39. The zero-order valence-electron chi connectivity index (χ0n) is 13.1. The summed E-state index contributed by atoms with van der Waals surface area (Å²) in [6.45, 7) is 3.80. The third kappa shape index (κ3) is 3.49. The Morgan fingerprint density at radius 2 is 2.04 bits per heavy atom. The van der Waals surface area contributed by atoms with Gasteiger partial charge in [-0.3, -0.25) is 19.8 Å². The smallest absolute Gasteiger partial charge is 0.265 e. The number of thiocarbonyl (C=S) groups is 1. The molecule has 6 nitrogen and oxygen atoms in total. The van der Waals surface area contributed by atoms with E-state index in [1.807, 2.05) is 0 Å². The molecular weight excluding hydrogens is 396 g/mol. The normalized spacial score (nSPS) is 16.2. The van der Waals surface area contributed by atoms with Crippen LogP contribution in [0.5, 0.6) is 11.5 Å². The largest absolute Gasteiger partial charge is 0.493 e. The second-order valence-corrected chi connectivity index (χ2v) is 6.00. The first-order chi connectivity index (χ1) is 11.4. The van der Waals surface area contributed by atoms with E-state index < -0.39 is 11.8 Å². The van der Waals surface area contributed by atoms with E-state index in [-0.39, 0.29) is 17.2 Å². The molecule has 1 aliphatic heterocycles. The highest BCUT2D eigenvalue weighted by atomic mass is 79.9. The van der Waals surface area contributed by atoms with Crippen LogP contribution in [0.15, 0.2) is 34.8 Å². The molecule has 1 heterocycles. The van der Waals surface area contributed by atoms with E-state index in [9.17, 15) is 9.59 Å². The molecule has 8 heteroatoms. The quantitative estimate of drug-likeness (QED) is 0.349. The lowest BCUT2D eigenvalue weighted by Crippen LogP contribution is -2.53. The number of hydrogen-bond acceptors (Lipinski definition) is 5. The lowest BCUT2D eigenvalue weighted by atomic mass is 10.1. The molecule has 0 bridgehead atoms. The number of carbonyl (C=O) groups is 2. The Kier molecular flexibility index (Phi) is 5.74. The number of nitrogens with zero attached hydrogens (tertiary/aromatic N) is 1. The van der Waals surface area contributed by atoms with Crippen molar-refractivity contribution in [2.75, 3.05) is 20.8 Å². The number of rotatable bonds is 5. The van der Waals surface area contributed by atoms with Crippen LogP contribution in [0.1, 0.15) is 5.56 Å². The molecule has 1 aliphatic rings. The number of halogens is 1.